The third kappa shape index (κ3) is 3.64. The summed E-state index contributed by atoms with van der Waals surface area (Å²) in [6.45, 7) is 9.90. The van der Waals surface area contributed by atoms with Crippen molar-refractivity contribution < 1.29 is 0 Å². The Kier molecular flexibility index (Phi) is 5.84. The molecule has 2 nitrogen and oxygen atoms in total. The van der Waals surface area contributed by atoms with Gasteiger partial charge in [-0.05, 0) is 44.4 Å². The molecule has 0 aromatic heterocycles. The van der Waals surface area contributed by atoms with Crippen molar-refractivity contribution in [2.45, 2.75) is 58.0 Å². The van der Waals surface area contributed by atoms with Crippen LogP contribution in [-0.2, 0) is 0 Å². The molecule has 0 bridgehead atoms. The van der Waals surface area contributed by atoms with E-state index in [1.807, 2.05) is 0 Å². The van der Waals surface area contributed by atoms with E-state index in [0.29, 0.717) is 0 Å². The van der Waals surface area contributed by atoms with Crippen LogP contribution in [0, 0.1) is 5.92 Å². The molecule has 0 N–H and O–H groups in total. The van der Waals surface area contributed by atoms with Crippen LogP contribution in [0.15, 0.2) is 0 Å². The third-order valence-electron chi connectivity index (χ3n) is 4.76. The molecule has 2 saturated heterocycles. The molecule has 106 valence electrons. The fraction of sp³-hybridized carbons (Fsp3) is 1.00. The molecule has 3 heteroatoms. The van der Waals surface area contributed by atoms with Crippen LogP contribution < -0.4 is 0 Å². The van der Waals surface area contributed by atoms with Crippen LogP contribution in [0.1, 0.15) is 46.0 Å². The van der Waals surface area contributed by atoms with Crippen LogP contribution in [0.4, 0.5) is 0 Å². The molecule has 2 aliphatic heterocycles. The number of piperidine rings is 1. The van der Waals surface area contributed by atoms with E-state index in [0.717, 1.165) is 23.8 Å². The molecule has 2 fully saturated rings. The first-order valence-electron chi connectivity index (χ1n) is 7.83. The third-order valence-corrected chi connectivity index (χ3v) is 5.28. The van der Waals surface area contributed by atoms with Gasteiger partial charge in [-0.2, -0.15) is 12.6 Å². The van der Waals surface area contributed by atoms with Gasteiger partial charge >= 0.3 is 0 Å². The lowest BCUT2D eigenvalue weighted by atomic mass is 9.95. The van der Waals surface area contributed by atoms with Gasteiger partial charge < -0.3 is 0 Å². The monoisotopic (exact) mass is 270 g/mol. The van der Waals surface area contributed by atoms with Gasteiger partial charge in [-0.1, -0.05) is 19.8 Å². The highest BCUT2D eigenvalue weighted by Crippen LogP contribution is 2.25. The molecule has 2 aliphatic rings. The van der Waals surface area contributed by atoms with E-state index < -0.39 is 0 Å². The quantitative estimate of drug-likeness (QED) is 0.768. The van der Waals surface area contributed by atoms with Crippen molar-refractivity contribution in [3.8, 4) is 0 Å². The Morgan fingerprint density at radius 1 is 1.28 bits per heavy atom. The number of hydrogen-bond acceptors (Lipinski definition) is 3. The average Bonchev–Trinajstić information content (AvgIpc) is 2.39. The van der Waals surface area contributed by atoms with Crippen LogP contribution in [-0.4, -0.2) is 53.8 Å². The van der Waals surface area contributed by atoms with Gasteiger partial charge in [0.05, 0.1) is 0 Å². The second kappa shape index (κ2) is 7.16. The number of piperazine rings is 1. The zero-order valence-corrected chi connectivity index (χ0v) is 13.0. The summed E-state index contributed by atoms with van der Waals surface area (Å²) in [5.41, 5.74) is 0. The van der Waals surface area contributed by atoms with Gasteiger partial charge in [0, 0.05) is 31.7 Å². The van der Waals surface area contributed by atoms with Gasteiger partial charge in [-0.15, -0.1) is 0 Å². The van der Waals surface area contributed by atoms with Crippen LogP contribution in [0.25, 0.3) is 0 Å². The van der Waals surface area contributed by atoms with Crippen LogP contribution >= 0.6 is 12.6 Å². The Labute approximate surface area is 119 Å². The number of hydrogen-bond donors (Lipinski definition) is 1. The molecule has 2 heterocycles. The highest BCUT2D eigenvalue weighted by atomic mass is 32.1. The molecule has 0 aliphatic carbocycles. The van der Waals surface area contributed by atoms with Crippen LogP contribution in [0.5, 0.6) is 0 Å². The highest BCUT2D eigenvalue weighted by molar-refractivity contribution is 7.80. The normalized spacial score (nSPS) is 32.2. The van der Waals surface area contributed by atoms with Gasteiger partial charge in [0.25, 0.3) is 0 Å². The number of nitrogens with zero attached hydrogens (tertiary/aromatic N) is 2. The molecular formula is C15H30N2S. The van der Waals surface area contributed by atoms with E-state index in [-0.39, 0.29) is 0 Å². The molecule has 3 atom stereocenters. The molecule has 18 heavy (non-hydrogen) atoms. The van der Waals surface area contributed by atoms with Crippen molar-refractivity contribution in [1.29, 1.82) is 0 Å². The first-order chi connectivity index (χ1) is 8.74. The van der Waals surface area contributed by atoms with E-state index in [2.05, 4.69) is 36.3 Å². The molecule has 0 spiro atoms. The highest BCUT2D eigenvalue weighted by Gasteiger charge is 2.33. The standard InChI is InChI=1S/C15H30N2S/c1-3-6-14(12-18)10-17-11-15-7-4-5-8-16(15)9-13(17)2/h13-15,18H,3-12H2,1-2H3. The van der Waals surface area contributed by atoms with Gasteiger partial charge in [0.1, 0.15) is 0 Å². The molecule has 3 unspecified atom stereocenters. The summed E-state index contributed by atoms with van der Waals surface area (Å²) in [4.78, 5) is 5.48. The second-order valence-electron chi connectivity index (χ2n) is 6.28. The number of rotatable bonds is 5. The first-order valence-corrected chi connectivity index (χ1v) is 8.46. The number of thiol groups is 1. The lowest BCUT2D eigenvalue weighted by Gasteiger charge is -2.48. The van der Waals surface area contributed by atoms with E-state index in [9.17, 15) is 0 Å². The molecule has 0 aromatic rings. The Morgan fingerprint density at radius 3 is 2.83 bits per heavy atom. The lowest BCUT2D eigenvalue weighted by Crippen LogP contribution is -2.59. The van der Waals surface area contributed by atoms with Gasteiger partial charge in [-0.25, -0.2) is 0 Å². The minimum Gasteiger partial charge on any atom is -0.298 e. The van der Waals surface area contributed by atoms with Crippen molar-refractivity contribution >= 4 is 12.6 Å². The lowest BCUT2D eigenvalue weighted by molar-refractivity contribution is 0.00864. The van der Waals surface area contributed by atoms with Crippen molar-refractivity contribution in [3.63, 3.8) is 0 Å². The SMILES string of the molecule is CCCC(CS)CN1CC2CCCCN2CC1C. The molecule has 0 amide bonds. The van der Waals surface area contributed by atoms with Gasteiger partial charge in [0.15, 0.2) is 0 Å². The fourth-order valence-electron chi connectivity index (χ4n) is 3.65. The maximum absolute atomic E-state index is 4.53. The molecule has 0 saturated carbocycles. The predicted octanol–water partition coefficient (Wildman–Crippen LogP) is 2.89. The summed E-state index contributed by atoms with van der Waals surface area (Å²) in [5, 5.41) is 0. The van der Waals surface area contributed by atoms with Crippen molar-refractivity contribution in [2.75, 3.05) is 31.9 Å². The van der Waals surface area contributed by atoms with E-state index in [1.165, 1.54) is 58.3 Å². The first kappa shape index (κ1) is 14.7. The van der Waals surface area contributed by atoms with E-state index in [1.54, 1.807) is 0 Å². The van der Waals surface area contributed by atoms with Crippen molar-refractivity contribution in [1.82, 2.24) is 9.80 Å². The summed E-state index contributed by atoms with van der Waals surface area (Å²) in [5.74, 6) is 1.83. The second-order valence-corrected chi connectivity index (χ2v) is 6.65. The smallest absolute Gasteiger partial charge is 0.0223 e. The molecule has 0 radical (unpaired) electrons. The Morgan fingerprint density at radius 2 is 2.11 bits per heavy atom. The minimum absolute atomic E-state index is 0.735. The summed E-state index contributed by atoms with van der Waals surface area (Å²) >= 11 is 4.53. The van der Waals surface area contributed by atoms with Crippen molar-refractivity contribution in [3.05, 3.63) is 0 Å². The summed E-state index contributed by atoms with van der Waals surface area (Å²) in [7, 11) is 0. The summed E-state index contributed by atoms with van der Waals surface area (Å²) < 4.78 is 0. The topological polar surface area (TPSA) is 6.48 Å². The van der Waals surface area contributed by atoms with Crippen molar-refractivity contribution in [2.24, 2.45) is 5.92 Å². The largest absolute Gasteiger partial charge is 0.298 e. The molecule has 0 aromatic carbocycles. The maximum atomic E-state index is 4.53. The van der Waals surface area contributed by atoms with E-state index in [4.69, 9.17) is 0 Å². The maximum Gasteiger partial charge on any atom is 0.0223 e. The Bertz CT molecular complexity index is 245. The summed E-state index contributed by atoms with van der Waals surface area (Å²) in [6, 6.07) is 1.58. The number of fused-ring (bicyclic) bond motifs is 1. The molecular weight excluding hydrogens is 240 g/mol. The van der Waals surface area contributed by atoms with Gasteiger partial charge in [-0.3, -0.25) is 9.80 Å². The molecule has 2 rings (SSSR count). The van der Waals surface area contributed by atoms with Gasteiger partial charge in [0.2, 0.25) is 0 Å². The average molecular weight is 270 g/mol. The predicted molar refractivity (Wildman–Crippen MR) is 82.5 cm³/mol. The Balaban J connectivity index is 1.88. The van der Waals surface area contributed by atoms with E-state index >= 15 is 0 Å². The van der Waals surface area contributed by atoms with Crippen LogP contribution in [0.2, 0.25) is 0 Å². The zero-order chi connectivity index (χ0) is 13.0. The minimum atomic E-state index is 0.735. The zero-order valence-electron chi connectivity index (χ0n) is 12.1. The fourth-order valence-corrected chi connectivity index (χ4v) is 3.95. The summed E-state index contributed by atoms with van der Waals surface area (Å²) in [6.07, 6.45) is 6.90. The van der Waals surface area contributed by atoms with Crippen LogP contribution in [0.3, 0.4) is 0 Å². The Hall–Kier alpha value is 0.270.